The van der Waals surface area contributed by atoms with Crippen LogP contribution in [0.25, 0.3) is 0 Å². The third-order valence-electron chi connectivity index (χ3n) is 7.14. The first kappa shape index (κ1) is 30.8. The van der Waals surface area contributed by atoms with Crippen LogP contribution in [-0.4, -0.2) is 41.9 Å². The van der Waals surface area contributed by atoms with E-state index >= 15 is 0 Å². The third kappa shape index (κ3) is 8.22. The predicted molar refractivity (Wildman–Crippen MR) is 158 cm³/mol. The summed E-state index contributed by atoms with van der Waals surface area (Å²) in [5.41, 5.74) is 4.51. The molecule has 0 aliphatic carbocycles. The van der Waals surface area contributed by atoms with Crippen LogP contribution in [0.2, 0.25) is 0 Å². The van der Waals surface area contributed by atoms with Gasteiger partial charge in [0.05, 0.1) is 19.3 Å². The van der Waals surface area contributed by atoms with E-state index in [4.69, 9.17) is 4.74 Å². The second-order valence-corrected chi connectivity index (χ2v) is 10.5. The summed E-state index contributed by atoms with van der Waals surface area (Å²) in [6.45, 7) is 4.27. The van der Waals surface area contributed by atoms with Gasteiger partial charge in [0, 0.05) is 24.7 Å². The van der Waals surface area contributed by atoms with E-state index in [1.807, 2.05) is 68.4 Å². The highest BCUT2D eigenvalue weighted by Gasteiger charge is 2.24. The van der Waals surface area contributed by atoms with E-state index < -0.39 is 35.8 Å². The van der Waals surface area contributed by atoms with Crippen LogP contribution >= 0.6 is 0 Å². The minimum atomic E-state index is -1.09. The maximum absolute atomic E-state index is 14.0. The Morgan fingerprint density at radius 3 is 2.33 bits per heavy atom. The molecule has 4 N–H and O–H groups in total. The van der Waals surface area contributed by atoms with E-state index in [0.29, 0.717) is 29.0 Å². The molecule has 0 aromatic heterocycles. The van der Waals surface area contributed by atoms with E-state index in [1.165, 1.54) is 12.1 Å². The van der Waals surface area contributed by atoms with E-state index in [2.05, 4.69) is 10.6 Å². The summed E-state index contributed by atoms with van der Waals surface area (Å²) in [6, 6.07) is 22.4. The molecule has 42 heavy (non-hydrogen) atoms. The molecule has 0 aliphatic heterocycles. The lowest BCUT2D eigenvalue weighted by Gasteiger charge is -2.25. The second-order valence-electron chi connectivity index (χ2n) is 10.5. The number of ether oxygens (including phenoxy) is 1. The molecule has 0 bridgehead atoms. The fraction of sp³-hybridized carbons (Fsp3) is 0.265. The number of amides is 1. The highest BCUT2D eigenvalue weighted by molar-refractivity contribution is 5.95. The lowest BCUT2D eigenvalue weighted by molar-refractivity contribution is 0.0829. The van der Waals surface area contributed by atoms with E-state index in [-0.39, 0.29) is 13.0 Å². The van der Waals surface area contributed by atoms with Crippen LogP contribution in [0, 0.1) is 25.5 Å². The number of aliphatic hydroxyl groups is 2. The lowest BCUT2D eigenvalue weighted by atomic mass is 9.94. The van der Waals surface area contributed by atoms with Gasteiger partial charge < -0.3 is 25.6 Å². The van der Waals surface area contributed by atoms with Crippen LogP contribution < -0.4 is 15.4 Å². The van der Waals surface area contributed by atoms with Gasteiger partial charge in [-0.15, -0.1) is 0 Å². The predicted octanol–water partition coefficient (Wildman–Crippen LogP) is 5.16. The SMILES string of the molecule is COc1cccc(CNC[C@@H](O)[C@H](Cc2cc(F)cc(F)c2)NC(=O)c2cc(C)cc(C(O)c3ccccc3C)c2)c1. The van der Waals surface area contributed by atoms with Crippen molar-refractivity contribution in [3.63, 3.8) is 0 Å². The lowest BCUT2D eigenvalue weighted by Crippen LogP contribution is -2.48. The summed E-state index contributed by atoms with van der Waals surface area (Å²) in [6.07, 6.45) is -2.03. The number of benzene rings is 4. The molecular formula is C34H36F2N2O4. The van der Waals surface area contributed by atoms with Crippen molar-refractivity contribution in [1.29, 1.82) is 0 Å². The molecule has 0 fully saturated rings. The molecule has 0 saturated heterocycles. The third-order valence-corrected chi connectivity index (χ3v) is 7.14. The Morgan fingerprint density at radius 1 is 0.881 bits per heavy atom. The van der Waals surface area contributed by atoms with Gasteiger partial charge in [0.25, 0.3) is 5.91 Å². The molecule has 3 atom stereocenters. The zero-order chi connectivity index (χ0) is 30.2. The van der Waals surface area contributed by atoms with Crippen molar-refractivity contribution in [1.82, 2.24) is 10.6 Å². The van der Waals surface area contributed by atoms with Crippen molar-refractivity contribution >= 4 is 5.91 Å². The number of methoxy groups -OCH3 is 1. The maximum Gasteiger partial charge on any atom is 0.251 e. The molecule has 8 heteroatoms. The highest BCUT2D eigenvalue weighted by Crippen LogP contribution is 2.26. The monoisotopic (exact) mass is 574 g/mol. The van der Waals surface area contributed by atoms with Crippen LogP contribution in [0.1, 0.15) is 49.8 Å². The number of rotatable bonds is 12. The van der Waals surface area contributed by atoms with Crippen molar-refractivity contribution in [2.45, 2.75) is 45.1 Å². The normalized spacial score (nSPS) is 13.3. The highest BCUT2D eigenvalue weighted by atomic mass is 19.1. The van der Waals surface area contributed by atoms with Crippen LogP contribution in [0.15, 0.2) is 84.9 Å². The van der Waals surface area contributed by atoms with Gasteiger partial charge in [-0.2, -0.15) is 0 Å². The Hall–Kier alpha value is -4.11. The molecule has 220 valence electrons. The number of hydrogen-bond donors (Lipinski definition) is 4. The molecule has 0 heterocycles. The Bertz CT molecular complexity index is 1510. The van der Waals surface area contributed by atoms with Crippen molar-refractivity contribution in [3.8, 4) is 5.75 Å². The minimum absolute atomic E-state index is 0.00701. The first-order valence-electron chi connectivity index (χ1n) is 13.8. The molecule has 4 rings (SSSR count). The number of halogens is 2. The van der Waals surface area contributed by atoms with Gasteiger partial charge in [-0.3, -0.25) is 4.79 Å². The molecule has 4 aromatic rings. The van der Waals surface area contributed by atoms with Crippen molar-refractivity contribution in [2.24, 2.45) is 0 Å². The maximum atomic E-state index is 14.0. The van der Waals surface area contributed by atoms with Gasteiger partial charge in [0.2, 0.25) is 0 Å². The molecule has 0 aliphatic rings. The number of carbonyl (C=O) groups is 1. The standard InChI is InChI=1S/C34H36F2N2O4/c1-21-11-25(33(40)30-10-5-4-7-22(30)2)17-26(12-21)34(41)38-31(16-24-13-27(35)18-28(36)14-24)32(39)20-37-19-23-8-6-9-29(15-23)42-3/h4-15,17-18,31-33,37,39-40H,16,19-20H2,1-3H3,(H,38,41)/t31-,32+,33?/m0/s1. The number of nitrogens with one attached hydrogen (secondary N) is 2. The zero-order valence-corrected chi connectivity index (χ0v) is 23.9. The smallest absolute Gasteiger partial charge is 0.251 e. The molecule has 4 aromatic carbocycles. The molecule has 6 nitrogen and oxygen atoms in total. The van der Waals surface area contributed by atoms with Crippen LogP contribution in [0.5, 0.6) is 5.75 Å². The molecule has 1 unspecified atom stereocenters. The summed E-state index contributed by atoms with van der Waals surface area (Å²) in [5, 5.41) is 28.2. The number of hydrogen-bond acceptors (Lipinski definition) is 5. The zero-order valence-electron chi connectivity index (χ0n) is 23.9. The van der Waals surface area contributed by atoms with E-state index in [1.54, 1.807) is 19.2 Å². The molecule has 0 radical (unpaired) electrons. The minimum Gasteiger partial charge on any atom is -0.497 e. The average Bonchev–Trinajstić information content (AvgIpc) is 2.96. The summed E-state index contributed by atoms with van der Waals surface area (Å²) >= 11 is 0. The summed E-state index contributed by atoms with van der Waals surface area (Å²) in [5.74, 6) is -1.26. The van der Waals surface area contributed by atoms with Crippen LogP contribution in [0.4, 0.5) is 8.78 Å². The van der Waals surface area contributed by atoms with Gasteiger partial charge in [0.15, 0.2) is 0 Å². The fourth-order valence-corrected chi connectivity index (χ4v) is 4.98. The van der Waals surface area contributed by atoms with Crippen LogP contribution in [0.3, 0.4) is 0 Å². The largest absolute Gasteiger partial charge is 0.497 e. The Balaban J connectivity index is 1.53. The number of aryl methyl sites for hydroxylation is 2. The Labute approximate surface area is 245 Å². The summed E-state index contributed by atoms with van der Waals surface area (Å²) in [4.78, 5) is 13.5. The molecule has 0 spiro atoms. The molecular weight excluding hydrogens is 538 g/mol. The van der Waals surface area contributed by atoms with Gasteiger partial charge in [-0.25, -0.2) is 8.78 Å². The van der Waals surface area contributed by atoms with Gasteiger partial charge in [-0.1, -0.05) is 42.5 Å². The van der Waals surface area contributed by atoms with Gasteiger partial charge in [0.1, 0.15) is 23.5 Å². The van der Waals surface area contributed by atoms with Crippen molar-refractivity contribution < 1.29 is 28.5 Å². The number of carbonyl (C=O) groups excluding carboxylic acids is 1. The van der Waals surface area contributed by atoms with Crippen LogP contribution in [-0.2, 0) is 13.0 Å². The summed E-state index contributed by atoms with van der Waals surface area (Å²) < 4.78 is 33.2. The fourth-order valence-electron chi connectivity index (χ4n) is 4.98. The van der Waals surface area contributed by atoms with Crippen molar-refractivity contribution in [2.75, 3.05) is 13.7 Å². The average molecular weight is 575 g/mol. The van der Waals surface area contributed by atoms with E-state index in [9.17, 15) is 23.8 Å². The summed E-state index contributed by atoms with van der Waals surface area (Å²) in [7, 11) is 1.58. The van der Waals surface area contributed by atoms with Crippen molar-refractivity contribution in [3.05, 3.63) is 136 Å². The topological polar surface area (TPSA) is 90.8 Å². The Kier molecular flexibility index (Phi) is 10.4. The molecule has 1 amide bonds. The Morgan fingerprint density at radius 2 is 1.62 bits per heavy atom. The quantitative estimate of drug-likeness (QED) is 0.188. The number of aliphatic hydroxyl groups excluding tert-OH is 2. The van der Waals surface area contributed by atoms with Gasteiger partial charge in [-0.05, 0) is 90.0 Å². The molecule has 0 saturated carbocycles. The van der Waals surface area contributed by atoms with Gasteiger partial charge >= 0.3 is 0 Å². The first-order chi connectivity index (χ1) is 20.1. The van der Waals surface area contributed by atoms with E-state index in [0.717, 1.165) is 28.3 Å². The second kappa shape index (κ2) is 14.2. The first-order valence-corrected chi connectivity index (χ1v) is 13.8.